The third-order valence-electron chi connectivity index (χ3n) is 5.46. The van der Waals surface area contributed by atoms with Gasteiger partial charge in [-0.3, -0.25) is 4.79 Å². The molecule has 1 aromatic carbocycles. The number of phenols is 1. The van der Waals surface area contributed by atoms with Crippen molar-refractivity contribution in [2.24, 2.45) is 0 Å². The van der Waals surface area contributed by atoms with Gasteiger partial charge in [0.15, 0.2) is 5.78 Å². The van der Waals surface area contributed by atoms with Crippen LogP contribution in [0.25, 0.3) is 0 Å². The first-order chi connectivity index (χ1) is 14.1. The van der Waals surface area contributed by atoms with E-state index in [1.807, 2.05) is 6.92 Å². The van der Waals surface area contributed by atoms with Gasteiger partial charge < -0.3 is 9.84 Å². The van der Waals surface area contributed by atoms with Gasteiger partial charge in [-0.1, -0.05) is 96.6 Å². The van der Waals surface area contributed by atoms with E-state index in [1.54, 1.807) is 18.2 Å². The van der Waals surface area contributed by atoms with Gasteiger partial charge in [-0.05, 0) is 31.0 Å². The molecule has 29 heavy (non-hydrogen) atoms. The van der Waals surface area contributed by atoms with Gasteiger partial charge in [0, 0.05) is 6.42 Å². The molecule has 0 spiro atoms. The van der Waals surface area contributed by atoms with Crippen LogP contribution in [-0.2, 0) is 0 Å². The molecular formula is C26H42O3. The van der Waals surface area contributed by atoms with E-state index in [-0.39, 0.29) is 11.5 Å². The lowest BCUT2D eigenvalue weighted by Crippen LogP contribution is -2.03. The van der Waals surface area contributed by atoms with Gasteiger partial charge in [-0.15, -0.1) is 0 Å². The molecule has 0 heterocycles. The fraction of sp³-hybridized carbons (Fsp3) is 0.654. The van der Waals surface area contributed by atoms with Crippen molar-refractivity contribution in [3.8, 4) is 11.5 Å². The third kappa shape index (κ3) is 11.1. The van der Waals surface area contributed by atoms with Crippen LogP contribution in [0.3, 0.4) is 0 Å². The number of carbonyl (C=O) groups is 1. The average Bonchev–Trinajstić information content (AvgIpc) is 2.70. The van der Waals surface area contributed by atoms with Gasteiger partial charge in [0.25, 0.3) is 0 Å². The number of hydrogen-bond donors (Lipinski definition) is 1. The molecule has 0 aromatic heterocycles. The standard InChI is InChI=1S/C26H42O3/c1-4-6-7-8-9-10-11-12-13-14-15-16-17-18-24(27)23-21-26(29-19-5-2)22(3)20-25(23)28/h5,20-21,28H,2,4,6-19H2,1,3H3. The van der Waals surface area contributed by atoms with E-state index >= 15 is 0 Å². The predicted octanol–water partition coefficient (Wildman–Crippen LogP) is 7.93. The minimum atomic E-state index is -0.00553. The number of hydrogen-bond acceptors (Lipinski definition) is 3. The van der Waals surface area contributed by atoms with Gasteiger partial charge in [0.05, 0.1) is 5.56 Å². The zero-order valence-electron chi connectivity index (χ0n) is 18.8. The molecule has 0 unspecified atom stereocenters. The number of unbranched alkanes of at least 4 members (excludes halogenated alkanes) is 12. The smallest absolute Gasteiger partial charge is 0.166 e. The van der Waals surface area contributed by atoms with Crippen LogP contribution in [0.1, 0.15) is 113 Å². The van der Waals surface area contributed by atoms with Crippen molar-refractivity contribution in [3.63, 3.8) is 0 Å². The molecule has 164 valence electrons. The summed E-state index contributed by atoms with van der Waals surface area (Å²) in [6.07, 6.45) is 18.9. The summed E-state index contributed by atoms with van der Waals surface area (Å²) in [4.78, 5) is 12.5. The van der Waals surface area contributed by atoms with Crippen LogP contribution in [0.4, 0.5) is 0 Å². The second-order valence-electron chi connectivity index (χ2n) is 8.15. The number of ketones is 1. The summed E-state index contributed by atoms with van der Waals surface area (Å²) in [7, 11) is 0. The summed E-state index contributed by atoms with van der Waals surface area (Å²) >= 11 is 0. The summed E-state index contributed by atoms with van der Waals surface area (Å²) in [6, 6.07) is 3.27. The molecule has 3 nitrogen and oxygen atoms in total. The zero-order valence-corrected chi connectivity index (χ0v) is 18.8. The first-order valence-corrected chi connectivity index (χ1v) is 11.7. The minimum absolute atomic E-state index is 0.00553. The van der Waals surface area contributed by atoms with Crippen molar-refractivity contribution in [1.82, 2.24) is 0 Å². The van der Waals surface area contributed by atoms with Crippen LogP contribution < -0.4 is 4.74 Å². The quantitative estimate of drug-likeness (QED) is 0.154. The Labute approximate surface area is 178 Å². The maximum Gasteiger partial charge on any atom is 0.166 e. The SMILES string of the molecule is C=CCOc1cc(C(=O)CCCCCCCCCCCCCCC)c(O)cc1C. The Kier molecular flexibility index (Phi) is 14.0. The van der Waals surface area contributed by atoms with E-state index < -0.39 is 0 Å². The molecule has 0 radical (unpaired) electrons. The highest BCUT2D eigenvalue weighted by atomic mass is 16.5. The van der Waals surface area contributed by atoms with E-state index in [1.165, 1.54) is 70.6 Å². The van der Waals surface area contributed by atoms with Gasteiger partial charge in [-0.2, -0.15) is 0 Å². The lowest BCUT2D eigenvalue weighted by Gasteiger charge is -2.11. The lowest BCUT2D eigenvalue weighted by atomic mass is 10.0. The van der Waals surface area contributed by atoms with Gasteiger partial charge >= 0.3 is 0 Å². The molecule has 0 bridgehead atoms. The molecular weight excluding hydrogens is 360 g/mol. The maximum absolute atomic E-state index is 12.5. The van der Waals surface area contributed by atoms with E-state index in [0.29, 0.717) is 24.3 Å². The van der Waals surface area contributed by atoms with Crippen molar-refractivity contribution >= 4 is 5.78 Å². The molecule has 3 heteroatoms. The molecule has 0 aliphatic carbocycles. The van der Waals surface area contributed by atoms with Crippen molar-refractivity contribution in [2.45, 2.75) is 104 Å². The number of aromatic hydroxyl groups is 1. The highest BCUT2D eigenvalue weighted by Gasteiger charge is 2.14. The summed E-state index contributed by atoms with van der Waals surface area (Å²) in [6.45, 7) is 8.15. The second-order valence-corrected chi connectivity index (χ2v) is 8.15. The highest BCUT2D eigenvalue weighted by Crippen LogP contribution is 2.29. The summed E-state index contributed by atoms with van der Waals surface area (Å²) < 4.78 is 5.57. The summed E-state index contributed by atoms with van der Waals surface area (Å²) in [5.41, 5.74) is 1.19. The monoisotopic (exact) mass is 402 g/mol. The largest absolute Gasteiger partial charge is 0.507 e. The van der Waals surface area contributed by atoms with E-state index in [4.69, 9.17) is 4.74 Å². The number of rotatable bonds is 18. The van der Waals surface area contributed by atoms with E-state index in [0.717, 1.165) is 18.4 Å². The molecule has 0 aliphatic heterocycles. The predicted molar refractivity (Wildman–Crippen MR) is 123 cm³/mol. The third-order valence-corrected chi connectivity index (χ3v) is 5.46. The van der Waals surface area contributed by atoms with Crippen LogP contribution in [0.5, 0.6) is 11.5 Å². The normalized spacial score (nSPS) is 10.8. The number of aryl methyl sites for hydroxylation is 1. The highest BCUT2D eigenvalue weighted by molar-refractivity contribution is 5.99. The summed E-state index contributed by atoms with van der Waals surface area (Å²) in [5.74, 6) is 0.679. The Balaban J connectivity index is 2.14. The van der Waals surface area contributed by atoms with Crippen molar-refractivity contribution in [1.29, 1.82) is 0 Å². The minimum Gasteiger partial charge on any atom is -0.507 e. The van der Waals surface area contributed by atoms with E-state index in [9.17, 15) is 9.90 Å². The van der Waals surface area contributed by atoms with Gasteiger partial charge in [-0.25, -0.2) is 0 Å². The Morgan fingerprint density at radius 3 is 1.97 bits per heavy atom. The number of ether oxygens (including phenoxy) is 1. The molecule has 0 fully saturated rings. The zero-order chi connectivity index (χ0) is 21.3. The van der Waals surface area contributed by atoms with Crippen LogP contribution in [0, 0.1) is 6.92 Å². The molecule has 1 aromatic rings. The van der Waals surface area contributed by atoms with E-state index in [2.05, 4.69) is 13.5 Å². The molecule has 0 aliphatic rings. The van der Waals surface area contributed by atoms with Crippen molar-refractivity contribution in [2.75, 3.05) is 6.61 Å². The number of Topliss-reactive ketones (excluding diaryl/α,β-unsaturated/α-hetero) is 1. The van der Waals surface area contributed by atoms with Crippen LogP contribution >= 0.6 is 0 Å². The second kappa shape index (κ2) is 16.1. The molecule has 0 saturated carbocycles. The van der Waals surface area contributed by atoms with Gasteiger partial charge in [0.2, 0.25) is 0 Å². The Bertz CT molecular complexity index is 592. The molecule has 1 rings (SSSR count). The molecule has 1 N–H and O–H groups in total. The Morgan fingerprint density at radius 2 is 1.45 bits per heavy atom. The first-order valence-electron chi connectivity index (χ1n) is 11.7. The van der Waals surface area contributed by atoms with Crippen molar-refractivity contribution < 1.29 is 14.6 Å². The summed E-state index contributed by atoms with van der Waals surface area (Å²) in [5, 5.41) is 10.1. The Morgan fingerprint density at radius 1 is 0.931 bits per heavy atom. The maximum atomic E-state index is 12.5. The fourth-order valence-corrected chi connectivity index (χ4v) is 3.64. The van der Waals surface area contributed by atoms with Gasteiger partial charge in [0.1, 0.15) is 18.1 Å². The van der Waals surface area contributed by atoms with Crippen LogP contribution in [-0.4, -0.2) is 17.5 Å². The van der Waals surface area contributed by atoms with Crippen molar-refractivity contribution in [3.05, 3.63) is 35.9 Å². The fourth-order valence-electron chi connectivity index (χ4n) is 3.64. The lowest BCUT2D eigenvalue weighted by molar-refractivity contribution is 0.0976. The van der Waals surface area contributed by atoms with Crippen LogP contribution in [0.2, 0.25) is 0 Å². The molecule has 0 saturated heterocycles. The first kappa shape index (κ1) is 25.3. The van der Waals surface area contributed by atoms with Crippen LogP contribution in [0.15, 0.2) is 24.8 Å². The number of phenolic OH excluding ortho intramolecular Hbond substituents is 1. The number of benzene rings is 1. The Hall–Kier alpha value is -1.77. The molecule has 0 amide bonds. The average molecular weight is 403 g/mol. The molecule has 0 atom stereocenters. The number of carbonyl (C=O) groups excluding carboxylic acids is 1. The topological polar surface area (TPSA) is 46.5 Å².